The lowest BCUT2D eigenvalue weighted by atomic mass is 10.1. The fourth-order valence-electron chi connectivity index (χ4n) is 3.67. The molecule has 3 N–H and O–H groups in total. The minimum Gasteiger partial charge on any atom is -0.437 e. The number of aromatic nitrogens is 2. The lowest BCUT2D eigenvalue weighted by Gasteiger charge is -2.37. The smallest absolute Gasteiger partial charge is 0.247 e. The molecule has 0 radical (unpaired) electrons. The predicted octanol–water partition coefficient (Wildman–Crippen LogP) is 5.43. The van der Waals surface area contributed by atoms with E-state index in [4.69, 9.17) is 10.00 Å². The van der Waals surface area contributed by atoms with Crippen LogP contribution in [0.1, 0.15) is 34.4 Å². The summed E-state index contributed by atoms with van der Waals surface area (Å²) in [6.45, 7) is 3.65. The van der Waals surface area contributed by atoms with Crippen LogP contribution in [0.4, 0.5) is 11.6 Å². The molecule has 0 saturated carbocycles. The Hall–Kier alpha value is -3.63. The number of hydrogen-bond acceptors (Lipinski definition) is 8. The van der Waals surface area contributed by atoms with Crippen molar-refractivity contribution in [3.8, 4) is 23.8 Å². The van der Waals surface area contributed by atoms with Crippen LogP contribution in [-0.2, 0) is 6.42 Å². The van der Waals surface area contributed by atoms with Crippen LogP contribution in [0, 0.1) is 36.5 Å². The molecule has 32 heavy (non-hydrogen) atoms. The van der Waals surface area contributed by atoms with E-state index in [-0.39, 0.29) is 22.5 Å². The Morgan fingerprint density at radius 1 is 1.00 bits per heavy atom. The van der Waals surface area contributed by atoms with Crippen LogP contribution in [0.2, 0.25) is 0 Å². The van der Waals surface area contributed by atoms with E-state index in [9.17, 15) is 14.4 Å². The van der Waals surface area contributed by atoms with Gasteiger partial charge >= 0.3 is 0 Å². The van der Waals surface area contributed by atoms with Crippen molar-refractivity contribution in [2.45, 2.75) is 31.6 Å². The van der Waals surface area contributed by atoms with Crippen molar-refractivity contribution >= 4 is 22.2 Å². The molecule has 2 aromatic carbocycles. The van der Waals surface area contributed by atoms with Gasteiger partial charge in [0.15, 0.2) is 0 Å². The summed E-state index contributed by atoms with van der Waals surface area (Å²) in [6.07, 6.45) is 1.16. The Balaban J connectivity index is 1.79. The molecular weight excluding hydrogens is 426 g/mol. The summed E-state index contributed by atoms with van der Waals surface area (Å²) in [6, 6.07) is 14.5. The second-order valence-corrected chi connectivity index (χ2v) is 9.72. The van der Waals surface area contributed by atoms with E-state index < -0.39 is 10.6 Å². The molecule has 0 amide bonds. The van der Waals surface area contributed by atoms with Gasteiger partial charge in [-0.2, -0.15) is 26.1 Å². The molecule has 162 valence electrons. The number of ether oxygens (including phenoxy) is 1. The molecular formula is C23H21N5O3S. The number of nitrogens with zero attached hydrogens (tertiary/aromatic N) is 4. The monoisotopic (exact) mass is 447 g/mol. The van der Waals surface area contributed by atoms with E-state index in [0.29, 0.717) is 41.1 Å². The van der Waals surface area contributed by atoms with Crippen molar-refractivity contribution in [2.75, 3.05) is 11.1 Å². The molecule has 1 aliphatic rings. The van der Waals surface area contributed by atoms with E-state index in [1.54, 1.807) is 36.4 Å². The average Bonchev–Trinajstić information content (AvgIpc) is 2.76. The minimum absolute atomic E-state index is 0.0850. The SMILES string of the molecule is Cc1cc(C#N)cc(C)c1Oc1nc(Nc2ccc(C#N)cc2)nc2c1S(O)(O)CCC2. The minimum atomic E-state index is -3.10. The fourth-order valence-corrected chi connectivity index (χ4v) is 5.31. The summed E-state index contributed by atoms with van der Waals surface area (Å²) in [5.74, 6) is 1.08. The van der Waals surface area contributed by atoms with Crippen molar-refractivity contribution < 1.29 is 13.8 Å². The second-order valence-electron chi connectivity index (χ2n) is 7.57. The highest BCUT2D eigenvalue weighted by atomic mass is 32.3. The highest BCUT2D eigenvalue weighted by Crippen LogP contribution is 2.57. The summed E-state index contributed by atoms with van der Waals surface area (Å²) in [7, 11) is -3.10. The van der Waals surface area contributed by atoms with Crippen LogP contribution in [0.5, 0.6) is 11.6 Å². The third-order valence-electron chi connectivity index (χ3n) is 5.13. The van der Waals surface area contributed by atoms with Gasteiger partial charge in [-0.3, -0.25) is 9.11 Å². The summed E-state index contributed by atoms with van der Waals surface area (Å²) < 4.78 is 27.6. The molecule has 4 rings (SSSR count). The highest BCUT2D eigenvalue weighted by Gasteiger charge is 2.32. The zero-order valence-electron chi connectivity index (χ0n) is 17.6. The Morgan fingerprint density at radius 2 is 1.66 bits per heavy atom. The number of hydrogen-bond donors (Lipinski definition) is 3. The summed E-state index contributed by atoms with van der Waals surface area (Å²) >= 11 is 0. The number of nitrogens with one attached hydrogen (secondary N) is 1. The molecule has 9 heteroatoms. The van der Waals surface area contributed by atoms with Crippen molar-refractivity contribution in [2.24, 2.45) is 0 Å². The number of anilines is 2. The third kappa shape index (κ3) is 4.23. The second kappa shape index (κ2) is 8.48. The van der Waals surface area contributed by atoms with E-state index in [1.807, 2.05) is 13.8 Å². The molecule has 0 saturated heterocycles. The van der Waals surface area contributed by atoms with Crippen molar-refractivity contribution in [1.29, 1.82) is 10.5 Å². The molecule has 0 unspecified atom stereocenters. The van der Waals surface area contributed by atoms with Gasteiger partial charge in [-0.25, -0.2) is 4.98 Å². The van der Waals surface area contributed by atoms with Crippen molar-refractivity contribution in [1.82, 2.24) is 9.97 Å². The summed E-state index contributed by atoms with van der Waals surface area (Å²) in [5.41, 5.74) is 3.74. The van der Waals surface area contributed by atoms with Crippen LogP contribution in [-0.4, -0.2) is 24.8 Å². The molecule has 2 heterocycles. The average molecular weight is 448 g/mol. The van der Waals surface area contributed by atoms with Crippen molar-refractivity contribution in [3.05, 3.63) is 64.3 Å². The van der Waals surface area contributed by atoms with Crippen molar-refractivity contribution in [3.63, 3.8) is 0 Å². The van der Waals surface area contributed by atoms with Crippen LogP contribution in [0.15, 0.2) is 41.3 Å². The maximum absolute atomic E-state index is 10.7. The number of fused-ring (bicyclic) bond motifs is 1. The molecule has 3 aromatic rings. The molecule has 0 spiro atoms. The molecule has 0 bridgehead atoms. The van der Waals surface area contributed by atoms with Gasteiger partial charge in [0.05, 0.1) is 29.0 Å². The third-order valence-corrected chi connectivity index (χ3v) is 7.05. The molecule has 0 aliphatic carbocycles. The zero-order valence-corrected chi connectivity index (χ0v) is 18.4. The Bertz CT molecular complexity index is 1250. The van der Waals surface area contributed by atoms with E-state index >= 15 is 0 Å². The Morgan fingerprint density at radius 3 is 2.28 bits per heavy atom. The topological polar surface area (TPSA) is 135 Å². The van der Waals surface area contributed by atoms with Crippen LogP contribution in [0.25, 0.3) is 0 Å². The predicted molar refractivity (Wildman–Crippen MR) is 121 cm³/mol. The van der Waals surface area contributed by atoms with Crippen LogP contribution < -0.4 is 10.1 Å². The number of benzene rings is 2. The summed E-state index contributed by atoms with van der Waals surface area (Å²) in [4.78, 5) is 9.21. The summed E-state index contributed by atoms with van der Waals surface area (Å²) in [5, 5.41) is 21.3. The van der Waals surface area contributed by atoms with Gasteiger partial charge < -0.3 is 10.1 Å². The fraction of sp³-hybridized carbons (Fsp3) is 0.217. The molecule has 0 atom stereocenters. The first-order chi connectivity index (χ1) is 15.3. The number of nitriles is 2. The van der Waals surface area contributed by atoms with Gasteiger partial charge in [-0.05, 0) is 74.2 Å². The van der Waals surface area contributed by atoms with E-state index in [0.717, 1.165) is 11.1 Å². The van der Waals surface area contributed by atoms with Gasteiger partial charge in [0.1, 0.15) is 10.6 Å². The Labute approximate surface area is 187 Å². The first kappa shape index (κ1) is 21.6. The molecule has 0 fully saturated rings. The zero-order chi connectivity index (χ0) is 22.9. The maximum Gasteiger partial charge on any atom is 0.247 e. The first-order valence-electron chi connectivity index (χ1n) is 9.94. The first-order valence-corrected chi connectivity index (χ1v) is 11.7. The van der Waals surface area contributed by atoms with Gasteiger partial charge in [0.25, 0.3) is 0 Å². The lowest BCUT2D eigenvalue weighted by molar-refractivity contribution is 0.420. The highest BCUT2D eigenvalue weighted by molar-refractivity contribution is 8.24. The standard InChI is InChI=1S/C23H21N5O3S/c1-14-10-17(13-25)11-15(2)20(14)31-22-21-19(4-3-9-32(21,29)30)27-23(28-22)26-18-7-5-16(12-24)6-8-18/h5-8,10-11,29-30H,3-4,9H2,1-2H3,(H,26,27,28). The maximum atomic E-state index is 10.7. The van der Waals surface area contributed by atoms with Gasteiger partial charge in [0.2, 0.25) is 11.8 Å². The molecule has 1 aromatic heterocycles. The lowest BCUT2D eigenvalue weighted by Crippen LogP contribution is -2.18. The normalized spacial score (nSPS) is 15.1. The van der Waals surface area contributed by atoms with Crippen LogP contribution in [0.3, 0.4) is 0 Å². The largest absolute Gasteiger partial charge is 0.437 e. The van der Waals surface area contributed by atoms with E-state index in [2.05, 4.69) is 27.4 Å². The van der Waals surface area contributed by atoms with Gasteiger partial charge in [-0.15, -0.1) is 0 Å². The number of rotatable bonds is 4. The van der Waals surface area contributed by atoms with Crippen LogP contribution >= 0.6 is 10.6 Å². The number of aryl methyl sites for hydroxylation is 3. The van der Waals surface area contributed by atoms with Gasteiger partial charge in [0, 0.05) is 11.4 Å². The molecule has 1 aliphatic heterocycles. The molecule has 8 nitrogen and oxygen atoms in total. The van der Waals surface area contributed by atoms with E-state index in [1.165, 1.54) is 0 Å². The van der Waals surface area contributed by atoms with Gasteiger partial charge in [-0.1, -0.05) is 0 Å². The quantitative estimate of drug-likeness (QED) is 0.482. The Kier molecular flexibility index (Phi) is 5.72.